The third-order valence-electron chi connectivity index (χ3n) is 6.82. The number of carboxylic acid groups (broad SMARTS) is 2. The van der Waals surface area contributed by atoms with E-state index >= 15 is 0 Å². The number of nitrogens with one attached hydrogen (secondary N) is 5. The average Bonchev–Trinajstić information content (AvgIpc) is 3.04. The van der Waals surface area contributed by atoms with E-state index in [1.807, 2.05) is 10.6 Å². The number of hydrogen-bond donors (Lipinski definition) is 13. The average molecular weight is 738 g/mol. The summed E-state index contributed by atoms with van der Waals surface area (Å²) >= 11 is 0. The molecule has 0 saturated heterocycles. The van der Waals surface area contributed by atoms with Gasteiger partial charge in [0.1, 0.15) is 29.9 Å². The summed E-state index contributed by atoms with van der Waals surface area (Å²) in [6, 6.07) is -2.10. The lowest BCUT2D eigenvalue weighted by Gasteiger charge is -2.24. The Morgan fingerprint density at radius 3 is 1.73 bits per heavy atom. The Morgan fingerprint density at radius 2 is 1.19 bits per heavy atom. The van der Waals surface area contributed by atoms with E-state index in [-0.39, 0.29) is 37.5 Å². The van der Waals surface area contributed by atoms with Crippen molar-refractivity contribution in [2.24, 2.45) is 33.7 Å². The monoisotopic (exact) mass is 737 g/mol. The molecule has 0 spiro atoms. The normalized spacial score (nSPS) is 13.4. The van der Waals surface area contributed by atoms with E-state index in [4.69, 9.17) is 28.7 Å². The highest BCUT2D eigenvalue weighted by Gasteiger charge is 2.31. The summed E-state index contributed by atoms with van der Waals surface area (Å²) in [7, 11) is 0. The van der Waals surface area contributed by atoms with Crippen molar-refractivity contribution >= 4 is 59.2 Å². The second-order valence-corrected chi connectivity index (χ2v) is 11.2. The first kappa shape index (κ1) is 43.5. The molecule has 0 radical (unpaired) electrons. The van der Waals surface area contributed by atoms with Gasteiger partial charge in [-0.05, 0) is 37.0 Å². The Bertz CT molecular complexity index is 1520. The molecular formula is C29H43N11O12. The number of hydrogen-bond acceptors (Lipinski definition) is 12. The Kier molecular flexibility index (Phi) is 18.0. The van der Waals surface area contributed by atoms with Gasteiger partial charge in [0.25, 0.3) is 0 Å². The molecule has 23 heteroatoms. The smallest absolute Gasteiger partial charge is 0.326 e. The number of nitrogens with two attached hydrogens (primary N) is 5. The molecule has 5 atom stereocenters. The van der Waals surface area contributed by atoms with E-state index in [0.29, 0.717) is 5.56 Å². The van der Waals surface area contributed by atoms with Gasteiger partial charge in [-0.3, -0.25) is 43.3 Å². The van der Waals surface area contributed by atoms with Crippen LogP contribution in [0.2, 0.25) is 0 Å². The number of rotatable bonds is 23. The van der Waals surface area contributed by atoms with Crippen LogP contribution in [-0.2, 0) is 49.6 Å². The van der Waals surface area contributed by atoms with E-state index in [2.05, 4.69) is 20.9 Å². The summed E-state index contributed by atoms with van der Waals surface area (Å²) in [4.78, 5) is 114. The summed E-state index contributed by atoms with van der Waals surface area (Å²) in [5.41, 5.74) is 27.3. The zero-order valence-electron chi connectivity index (χ0n) is 27.7. The van der Waals surface area contributed by atoms with Crippen molar-refractivity contribution in [2.45, 2.75) is 68.7 Å². The first-order chi connectivity index (χ1) is 24.3. The van der Waals surface area contributed by atoms with E-state index in [9.17, 15) is 58.5 Å². The number of aromatic hydroxyl groups is 1. The molecule has 23 nitrogen and oxygen atoms in total. The topological polar surface area (TPSA) is 417 Å². The second kappa shape index (κ2) is 21.5. The minimum Gasteiger partial charge on any atom is -0.508 e. The molecule has 0 aliphatic heterocycles. The van der Waals surface area contributed by atoms with Crippen LogP contribution < -0.4 is 55.3 Å². The van der Waals surface area contributed by atoms with Crippen LogP contribution in [-0.4, -0.2) is 118 Å². The summed E-state index contributed by atoms with van der Waals surface area (Å²) in [5.74, 6) is -11.0. The predicted octanol–water partition coefficient (Wildman–Crippen LogP) is -6.32. The molecule has 0 fully saturated rings. The maximum absolute atomic E-state index is 13.3. The van der Waals surface area contributed by atoms with E-state index in [1.54, 1.807) is 0 Å². The van der Waals surface area contributed by atoms with Crippen molar-refractivity contribution in [3.8, 4) is 5.75 Å². The summed E-state index contributed by atoms with van der Waals surface area (Å²) in [6.45, 7) is -0.908. The highest BCUT2D eigenvalue weighted by atomic mass is 16.4. The van der Waals surface area contributed by atoms with Crippen molar-refractivity contribution in [3.63, 3.8) is 0 Å². The number of aliphatic carboxylic acids is 2. The van der Waals surface area contributed by atoms with Gasteiger partial charge in [-0.25, -0.2) is 4.79 Å². The fourth-order valence-corrected chi connectivity index (χ4v) is 4.31. The Balaban J connectivity index is 3.04. The van der Waals surface area contributed by atoms with E-state index < -0.39 is 109 Å². The van der Waals surface area contributed by atoms with Gasteiger partial charge in [0.15, 0.2) is 5.96 Å². The number of phenols is 1. The molecule has 286 valence electrons. The summed E-state index contributed by atoms with van der Waals surface area (Å²) in [6.07, 6.45) is -2.60. The Labute approximate surface area is 295 Å². The minimum absolute atomic E-state index is 0.00995. The van der Waals surface area contributed by atoms with Crippen LogP contribution >= 0.6 is 0 Å². The highest BCUT2D eigenvalue weighted by molar-refractivity contribution is 5.97. The van der Waals surface area contributed by atoms with Crippen LogP contribution in [0.5, 0.6) is 5.75 Å². The number of primary amides is 2. The zero-order valence-corrected chi connectivity index (χ0v) is 27.7. The van der Waals surface area contributed by atoms with E-state index in [1.165, 1.54) is 24.3 Å². The number of carbonyl (C=O) groups is 9. The largest absolute Gasteiger partial charge is 0.508 e. The number of phenolic OH excluding ortho intramolecular Hbond substituents is 1. The van der Waals surface area contributed by atoms with Crippen LogP contribution in [0.3, 0.4) is 0 Å². The second-order valence-electron chi connectivity index (χ2n) is 11.2. The molecule has 0 aromatic heterocycles. The lowest BCUT2D eigenvalue weighted by Crippen LogP contribution is -2.57. The standard InChI is InChI=1S/C29H43N11O12/c30-15(8-13-3-5-14(41)6-4-13)24(47)38-16(2-1-7-35-29(33)34)26(49)39-18(11-23(45)46)25(48)36-12-22(44)37-17(9-20(31)42)27(50)40-19(28(51)52)10-21(32)43/h3-6,15-19,41H,1-2,7-12,30H2,(H2,31,42)(H2,32,43)(H,36,48)(H,37,44)(H,38,47)(H,39,49)(H,40,50)(H,45,46)(H,51,52)(H4,33,34,35)/t15-,16-,17-,18-,19-/m0/s1. The lowest BCUT2D eigenvalue weighted by atomic mass is 10.0. The van der Waals surface area contributed by atoms with Crippen LogP contribution in [0.1, 0.15) is 37.7 Å². The molecule has 0 saturated carbocycles. The van der Waals surface area contributed by atoms with Crippen LogP contribution in [0.15, 0.2) is 29.3 Å². The number of carboxylic acids is 2. The molecule has 7 amide bonds. The quantitative estimate of drug-likeness (QED) is 0.0282. The van der Waals surface area contributed by atoms with Crippen molar-refractivity contribution in [3.05, 3.63) is 29.8 Å². The summed E-state index contributed by atoms with van der Waals surface area (Å²) < 4.78 is 0. The molecule has 52 heavy (non-hydrogen) atoms. The number of aliphatic imine (C=N–C) groups is 1. The number of carbonyl (C=O) groups excluding carboxylic acids is 7. The first-order valence-corrected chi connectivity index (χ1v) is 15.4. The Morgan fingerprint density at radius 1 is 0.673 bits per heavy atom. The van der Waals surface area contributed by atoms with Gasteiger partial charge < -0.3 is 70.6 Å². The number of nitrogens with zero attached hydrogens (tertiary/aromatic N) is 1. The zero-order chi connectivity index (χ0) is 39.5. The van der Waals surface area contributed by atoms with Gasteiger partial charge in [-0.2, -0.15) is 0 Å². The molecule has 0 heterocycles. The lowest BCUT2D eigenvalue weighted by molar-refractivity contribution is -0.143. The SMILES string of the molecule is NC(=O)C[C@H](NC(=O)[C@H](CC(N)=O)NC(=O)CNC(=O)[C@H](CC(=O)O)NC(=O)[C@H](CCCN=C(N)N)NC(=O)[C@@H](N)Cc1ccc(O)cc1)C(=O)O. The molecule has 1 aromatic carbocycles. The van der Waals surface area contributed by atoms with Crippen molar-refractivity contribution in [1.29, 1.82) is 0 Å². The first-order valence-electron chi connectivity index (χ1n) is 15.4. The number of amides is 7. The fourth-order valence-electron chi connectivity index (χ4n) is 4.31. The highest BCUT2D eigenvalue weighted by Crippen LogP contribution is 2.11. The van der Waals surface area contributed by atoms with Gasteiger partial charge in [0.05, 0.1) is 31.8 Å². The number of benzene rings is 1. The maximum atomic E-state index is 13.3. The molecule has 0 aliphatic rings. The van der Waals surface area contributed by atoms with Crippen LogP contribution in [0.4, 0.5) is 0 Å². The third-order valence-corrected chi connectivity index (χ3v) is 6.82. The molecule has 0 bridgehead atoms. The predicted molar refractivity (Wildman–Crippen MR) is 178 cm³/mol. The van der Waals surface area contributed by atoms with Crippen LogP contribution in [0, 0.1) is 0 Å². The van der Waals surface area contributed by atoms with Gasteiger partial charge >= 0.3 is 11.9 Å². The summed E-state index contributed by atoms with van der Waals surface area (Å²) in [5, 5.41) is 38.7. The van der Waals surface area contributed by atoms with Gasteiger partial charge in [0, 0.05) is 6.54 Å². The Hall–Kier alpha value is -6.52. The van der Waals surface area contributed by atoms with Crippen molar-refractivity contribution in [1.82, 2.24) is 26.6 Å². The molecule has 0 aliphatic carbocycles. The molecule has 1 rings (SSSR count). The third kappa shape index (κ3) is 17.2. The maximum Gasteiger partial charge on any atom is 0.326 e. The molecule has 0 unspecified atom stereocenters. The fraction of sp³-hybridized carbons (Fsp3) is 0.448. The molecular weight excluding hydrogens is 694 g/mol. The van der Waals surface area contributed by atoms with Crippen molar-refractivity contribution < 1.29 is 58.5 Å². The van der Waals surface area contributed by atoms with Crippen molar-refractivity contribution in [2.75, 3.05) is 13.1 Å². The van der Waals surface area contributed by atoms with Gasteiger partial charge in [0.2, 0.25) is 41.4 Å². The van der Waals surface area contributed by atoms with E-state index in [0.717, 1.165) is 0 Å². The number of guanidine groups is 1. The molecule has 18 N–H and O–H groups in total. The van der Waals surface area contributed by atoms with Gasteiger partial charge in [-0.15, -0.1) is 0 Å². The van der Waals surface area contributed by atoms with Gasteiger partial charge in [-0.1, -0.05) is 12.1 Å². The van der Waals surface area contributed by atoms with Crippen LogP contribution in [0.25, 0.3) is 0 Å². The minimum atomic E-state index is -1.81. The molecule has 1 aromatic rings.